The highest BCUT2D eigenvalue weighted by atomic mass is 32.2. The van der Waals surface area contributed by atoms with E-state index in [0.717, 1.165) is 19.4 Å². The molecule has 5 nitrogen and oxygen atoms in total. The van der Waals surface area contributed by atoms with Crippen molar-refractivity contribution in [1.82, 2.24) is 16.0 Å². The van der Waals surface area contributed by atoms with Gasteiger partial charge in [-0.2, -0.15) is 0 Å². The van der Waals surface area contributed by atoms with E-state index in [-0.39, 0.29) is 12.5 Å². The molecule has 25 heavy (non-hydrogen) atoms. The third kappa shape index (κ3) is 7.82. The van der Waals surface area contributed by atoms with Crippen LogP contribution in [0, 0.1) is 0 Å². The Morgan fingerprint density at radius 1 is 1.20 bits per heavy atom. The minimum Gasteiger partial charge on any atom is -0.355 e. The lowest BCUT2D eigenvalue weighted by molar-refractivity contribution is -0.120. The summed E-state index contributed by atoms with van der Waals surface area (Å²) in [6.07, 6.45) is 5.94. The van der Waals surface area contributed by atoms with Crippen LogP contribution < -0.4 is 16.0 Å². The van der Waals surface area contributed by atoms with Crippen LogP contribution in [0.1, 0.15) is 39.0 Å². The Morgan fingerprint density at radius 3 is 2.60 bits per heavy atom. The molecule has 1 unspecified atom stereocenters. The molecule has 0 radical (unpaired) electrons. The first-order valence-electron chi connectivity index (χ1n) is 9.13. The normalized spacial score (nSPS) is 17.0. The first-order valence-corrected chi connectivity index (χ1v) is 10.0. The molecule has 2 rings (SSSR count). The molecule has 3 N–H and O–H groups in total. The smallest absolute Gasteiger partial charge is 0.239 e. The number of nitrogens with zero attached hydrogens (tertiary/aromatic N) is 1. The van der Waals surface area contributed by atoms with Crippen LogP contribution in [0.5, 0.6) is 0 Å². The zero-order valence-corrected chi connectivity index (χ0v) is 16.1. The number of amides is 1. The van der Waals surface area contributed by atoms with Crippen molar-refractivity contribution in [2.45, 2.75) is 55.2 Å². The highest BCUT2D eigenvalue weighted by Gasteiger charge is 2.15. The molecule has 1 aromatic rings. The van der Waals surface area contributed by atoms with Gasteiger partial charge in [-0.3, -0.25) is 9.79 Å². The second kappa shape index (κ2) is 11.0. The molecule has 1 aliphatic carbocycles. The molecule has 6 heteroatoms. The minimum absolute atomic E-state index is 0.0431. The first kappa shape index (κ1) is 19.6. The Hall–Kier alpha value is -1.69. The van der Waals surface area contributed by atoms with E-state index in [4.69, 9.17) is 0 Å². The molecule has 1 fully saturated rings. The predicted molar refractivity (Wildman–Crippen MR) is 106 cm³/mol. The van der Waals surface area contributed by atoms with E-state index >= 15 is 0 Å². The van der Waals surface area contributed by atoms with Gasteiger partial charge >= 0.3 is 0 Å². The molecule has 1 atom stereocenters. The first-order chi connectivity index (χ1) is 12.2. The molecule has 0 aromatic heterocycles. The Bertz CT molecular complexity index is 544. The lowest BCUT2D eigenvalue weighted by Gasteiger charge is -2.23. The summed E-state index contributed by atoms with van der Waals surface area (Å²) in [4.78, 5) is 17.5. The Labute approximate surface area is 155 Å². The number of hydrogen-bond donors (Lipinski definition) is 3. The van der Waals surface area contributed by atoms with Crippen molar-refractivity contribution in [3.8, 4) is 0 Å². The highest BCUT2D eigenvalue weighted by molar-refractivity contribution is 8.00. The molecule has 1 amide bonds. The summed E-state index contributed by atoms with van der Waals surface area (Å²) in [5.41, 5.74) is 0. The molecule has 0 spiro atoms. The number of rotatable bonds is 7. The summed E-state index contributed by atoms with van der Waals surface area (Å²) >= 11 is 1.82. The maximum absolute atomic E-state index is 12.1. The van der Waals surface area contributed by atoms with E-state index in [0.29, 0.717) is 17.3 Å². The van der Waals surface area contributed by atoms with E-state index < -0.39 is 0 Å². The van der Waals surface area contributed by atoms with Crippen LogP contribution >= 0.6 is 11.8 Å². The van der Waals surface area contributed by atoms with Gasteiger partial charge < -0.3 is 16.0 Å². The Morgan fingerprint density at radius 2 is 1.92 bits per heavy atom. The molecule has 0 heterocycles. The van der Waals surface area contributed by atoms with E-state index in [1.807, 2.05) is 30.0 Å². The van der Waals surface area contributed by atoms with Crippen molar-refractivity contribution in [3.05, 3.63) is 30.3 Å². The second-order valence-electron chi connectivity index (χ2n) is 6.45. The average Bonchev–Trinajstić information content (AvgIpc) is 2.63. The van der Waals surface area contributed by atoms with Crippen molar-refractivity contribution in [2.75, 3.05) is 20.1 Å². The monoisotopic (exact) mass is 362 g/mol. The third-order valence-corrected chi connectivity index (χ3v) is 5.36. The van der Waals surface area contributed by atoms with Gasteiger partial charge in [-0.05, 0) is 25.0 Å². The summed E-state index contributed by atoms with van der Waals surface area (Å²) in [6.45, 7) is 3.22. The molecule has 1 aromatic carbocycles. The van der Waals surface area contributed by atoms with Gasteiger partial charge in [0.2, 0.25) is 5.91 Å². The van der Waals surface area contributed by atoms with Crippen LogP contribution in [-0.4, -0.2) is 43.3 Å². The van der Waals surface area contributed by atoms with E-state index in [1.165, 1.54) is 24.2 Å². The van der Waals surface area contributed by atoms with Gasteiger partial charge in [-0.1, -0.05) is 44.4 Å². The van der Waals surface area contributed by atoms with Crippen LogP contribution in [0.4, 0.5) is 0 Å². The number of guanidine groups is 1. The van der Waals surface area contributed by atoms with Crippen LogP contribution in [0.3, 0.4) is 0 Å². The molecule has 0 saturated heterocycles. The van der Waals surface area contributed by atoms with Gasteiger partial charge in [-0.25, -0.2) is 0 Å². The molecular weight excluding hydrogens is 332 g/mol. The van der Waals surface area contributed by atoms with Gasteiger partial charge in [0.25, 0.3) is 0 Å². The van der Waals surface area contributed by atoms with Crippen LogP contribution in [-0.2, 0) is 4.79 Å². The fourth-order valence-electron chi connectivity index (χ4n) is 2.92. The lowest BCUT2D eigenvalue weighted by Crippen LogP contribution is -2.46. The van der Waals surface area contributed by atoms with Gasteiger partial charge in [0, 0.05) is 29.8 Å². The molecule has 138 valence electrons. The number of carbonyl (C=O) groups excluding carboxylic acids is 1. The largest absolute Gasteiger partial charge is 0.355 e. The number of carbonyl (C=O) groups is 1. The SMILES string of the molecule is CN=C(NCC(=O)NC1CCCCC1)NCC(C)Sc1ccccc1. The summed E-state index contributed by atoms with van der Waals surface area (Å²) in [6, 6.07) is 10.7. The molecule has 0 bridgehead atoms. The van der Waals surface area contributed by atoms with E-state index in [1.54, 1.807) is 7.05 Å². The number of aliphatic imine (C=N–C) groups is 1. The van der Waals surface area contributed by atoms with E-state index in [9.17, 15) is 4.79 Å². The molecular formula is C19H30N4OS. The van der Waals surface area contributed by atoms with E-state index in [2.05, 4.69) is 40.0 Å². The highest BCUT2D eigenvalue weighted by Crippen LogP contribution is 2.21. The second-order valence-corrected chi connectivity index (χ2v) is 7.96. The Kier molecular flexibility index (Phi) is 8.66. The fourth-order valence-corrected chi connectivity index (χ4v) is 3.87. The Balaban J connectivity index is 1.65. The standard InChI is InChI=1S/C19H30N4OS/c1-15(25-17-11-7-4-8-12-17)13-21-19(20-2)22-14-18(24)23-16-9-5-3-6-10-16/h4,7-8,11-12,15-16H,3,5-6,9-10,13-14H2,1-2H3,(H,23,24)(H2,20,21,22). The predicted octanol–water partition coefficient (Wildman–Crippen LogP) is 2.78. The van der Waals surface area contributed by atoms with Crippen LogP contribution in [0.25, 0.3) is 0 Å². The minimum atomic E-state index is 0.0431. The van der Waals surface area contributed by atoms with Crippen molar-refractivity contribution in [2.24, 2.45) is 4.99 Å². The van der Waals surface area contributed by atoms with Crippen molar-refractivity contribution in [3.63, 3.8) is 0 Å². The molecule has 1 saturated carbocycles. The van der Waals surface area contributed by atoms with Crippen molar-refractivity contribution in [1.29, 1.82) is 0 Å². The zero-order chi connectivity index (χ0) is 17.9. The topological polar surface area (TPSA) is 65.5 Å². The van der Waals surface area contributed by atoms with Gasteiger partial charge in [0.1, 0.15) is 0 Å². The third-order valence-electron chi connectivity index (χ3n) is 4.25. The average molecular weight is 363 g/mol. The summed E-state index contributed by atoms with van der Waals surface area (Å²) in [5.74, 6) is 0.709. The van der Waals surface area contributed by atoms with Gasteiger partial charge in [0.15, 0.2) is 5.96 Å². The van der Waals surface area contributed by atoms with Crippen LogP contribution in [0.15, 0.2) is 40.2 Å². The summed E-state index contributed by atoms with van der Waals surface area (Å²) in [5, 5.41) is 9.89. The quantitative estimate of drug-likeness (QED) is 0.396. The lowest BCUT2D eigenvalue weighted by atomic mass is 9.95. The summed E-state index contributed by atoms with van der Waals surface area (Å²) in [7, 11) is 1.73. The number of hydrogen-bond acceptors (Lipinski definition) is 3. The maximum Gasteiger partial charge on any atom is 0.239 e. The van der Waals surface area contributed by atoms with Gasteiger partial charge in [0.05, 0.1) is 6.54 Å². The number of benzene rings is 1. The molecule has 0 aliphatic heterocycles. The fraction of sp³-hybridized carbons (Fsp3) is 0.579. The van der Waals surface area contributed by atoms with Crippen LogP contribution in [0.2, 0.25) is 0 Å². The zero-order valence-electron chi connectivity index (χ0n) is 15.3. The van der Waals surface area contributed by atoms with Crippen molar-refractivity contribution < 1.29 is 4.79 Å². The van der Waals surface area contributed by atoms with Crippen molar-refractivity contribution >= 4 is 23.6 Å². The van der Waals surface area contributed by atoms with Gasteiger partial charge in [-0.15, -0.1) is 11.8 Å². The number of nitrogens with one attached hydrogen (secondary N) is 3. The summed E-state index contributed by atoms with van der Waals surface area (Å²) < 4.78 is 0. The molecule has 1 aliphatic rings. The number of thioether (sulfide) groups is 1. The maximum atomic E-state index is 12.1.